The Bertz CT molecular complexity index is 367. The van der Waals surface area contributed by atoms with E-state index in [0.717, 1.165) is 11.0 Å². The van der Waals surface area contributed by atoms with Crippen molar-refractivity contribution in [2.45, 2.75) is 44.4 Å². The Labute approximate surface area is 107 Å². The predicted molar refractivity (Wildman–Crippen MR) is 72.7 cm³/mol. The minimum atomic E-state index is 0.253. The Morgan fingerprint density at radius 3 is 2.50 bits per heavy atom. The minimum Gasteiger partial charge on any atom is -0.330 e. The molecule has 88 valence electrons. The first-order valence-electron chi connectivity index (χ1n) is 6.15. The van der Waals surface area contributed by atoms with Gasteiger partial charge in [0.15, 0.2) is 0 Å². The summed E-state index contributed by atoms with van der Waals surface area (Å²) in [6.45, 7) is 2.99. The largest absolute Gasteiger partial charge is 0.330 e. The van der Waals surface area contributed by atoms with E-state index in [9.17, 15) is 0 Å². The number of benzene rings is 1. The van der Waals surface area contributed by atoms with Crippen LogP contribution in [0.15, 0.2) is 22.7 Å². The lowest BCUT2D eigenvalue weighted by atomic mass is 9.68. The van der Waals surface area contributed by atoms with Crippen molar-refractivity contribution in [3.05, 3.63) is 33.8 Å². The van der Waals surface area contributed by atoms with Crippen molar-refractivity contribution in [3.63, 3.8) is 0 Å². The van der Waals surface area contributed by atoms with E-state index in [2.05, 4.69) is 41.1 Å². The molecule has 1 saturated carbocycles. The second kappa shape index (κ2) is 4.89. The zero-order chi connectivity index (χ0) is 11.6. The van der Waals surface area contributed by atoms with Crippen LogP contribution in [0.25, 0.3) is 0 Å². The normalized spacial score (nSPS) is 19.7. The van der Waals surface area contributed by atoms with Crippen molar-refractivity contribution in [3.8, 4) is 0 Å². The average molecular weight is 282 g/mol. The van der Waals surface area contributed by atoms with E-state index in [-0.39, 0.29) is 5.41 Å². The second-order valence-corrected chi connectivity index (χ2v) is 5.92. The molecule has 0 saturated heterocycles. The first kappa shape index (κ1) is 12.1. The van der Waals surface area contributed by atoms with E-state index >= 15 is 0 Å². The van der Waals surface area contributed by atoms with Gasteiger partial charge in [0.05, 0.1) is 0 Å². The summed E-state index contributed by atoms with van der Waals surface area (Å²) < 4.78 is 1.16. The highest BCUT2D eigenvalue weighted by Gasteiger charge is 2.33. The van der Waals surface area contributed by atoms with E-state index in [4.69, 9.17) is 5.73 Å². The first-order valence-corrected chi connectivity index (χ1v) is 6.94. The Hall–Kier alpha value is -0.340. The lowest BCUT2D eigenvalue weighted by Crippen LogP contribution is -2.37. The summed E-state index contributed by atoms with van der Waals surface area (Å²) in [7, 11) is 0. The SMILES string of the molecule is Cc1cc(Br)ccc1C1(CN)CCCCC1. The van der Waals surface area contributed by atoms with Crippen LogP contribution < -0.4 is 5.73 Å². The smallest absolute Gasteiger partial charge is 0.0178 e. The number of hydrogen-bond donors (Lipinski definition) is 1. The Morgan fingerprint density at radius 2 is 1.94 bits per heavy atom. The maximum absolute atomic E-state index is 6.07. The van der Waals surface area contributed by atoms with Crippen molar-refractivity contribution in [1.29, 1.82) is 0 Å². The van der Waals surface area contributed by atoms with Crippen molar-refractivity contribution in [2.24, 2.45) is 5.73 Å². The van der Waals surface area contributed by atoms with Crippen LogP contribution in [0.2, 0.25) is 0 Å². The fraction of sp³-hybridized carbons (Fsp3) is 0.571. The van der Waals surface area contributed by atoms with Gasteiger partial charge in [-0.1, -0.05) is 41.3 Å². The third kappa shape index (κ3) is 2.18. The monoisotopic (exact) mass is 281 g/mol. The van der Waals surface area contributed by atoms with Gasteiger partial charge in [0.2, 0.25) is 0 Å². The van der Waals surface area contributed by atoms with Crippen LogP contribution in [0.4, 0.5) is 0 Å². The molecule has 0 aliphatic heterocycles. The Balaban J connectivity index is 2.39. The molecule has 0 aromatic heterocycles. The Kier molecular flexibility index (Phi) is 3.70. The van der Waals surface area contributed by atoms with Crippen molar-refractivity contribution in [2.75, 3.05) is 6.54 Å². The molecule has 2 rings (SSSR count). The van der Waals surface area contributed by atoms with Crippen LogP contribution in [0.1, 0.15) is 43.2 Å². The summed E-state index contributed by atoms with van der Waals surface area (Å²) in [5.74, 6) is 0. The van der Waals surface area contributed by atoms with E-state index in [0.29, 0.717) is 0 Å². The predicted octanol–water partition coefficient (Wildman–Crippen LogP) is 3.92. The number of halogens is 1. The van der Waals surface area contributed by atoms with Gasteiger partial charge in [0, 0.05) is 16.4 Å². The molecule has 0 spiro atoms. The van der Waals surface area contributed by atoms with E-state index < -0.39 is 0 Å². The van der Waals surface area contributed by atoms with Gasteiger partial charge in [-0.2, -0.15) is 0 Å². The van der Waals surface area contributed by atoms with Gasteiger partial charge in [-0.15, -0.1) is 0 Å². The molecule has 0 unspecified atom stereocenters. The second-order valence-electron chi connectivity index (χ2n) is 5.00. The zero-order valence-corrected chi connectivity index (χ0v) is 11.5. The lowest BCUT2D eigenvalue weighted by molar-refractivity contribution is 0.299. The summed E-state index contributed by atoms with van der Waals surface area (Å²) >= 11 is 3.53. The van der Waals surface area contributed by atoms with Gasteiger partial charge in [0.1, 0.15) is 0 Å². The van der Waals surface area contributed by atoms with Gasteiger partial charge in [-0.05, 0) is 43.0 Å². The van der Waals surface area contributed by atoms with Crippen LogP contribution in [-0.4, -0.2) is 6.54 Å². The summed E-state index contributed by atoms with van der Waals surface area (Å²) in [6.07, 6.45) is 6.54. The number of nitrogens with two attached hydrogens (primary N) is 1. The summed E-state index contributed by atoms with van der Waals surface area (Å²) in [4.78, 5) is 0. The van der Waals surface area contributed by atoms with Crippen molar-refractivity contribution in [1.82, 2.24) is 0 Å². The fourth-order valence-electron chi connectivity index (χ4n) is 3.03. The topological polar surface area (TPSA) is 26.0 Å². The van der Waals surface area contributed by atoms with E-state index in [1.807, 2.05) is 0 Å². The molecule has 1 aliphatic rings. The Morgan fingerprint density at radius 1 is 1.25 bits per heavy atom. The lowest BCUT2D eigenvalue weighted by Gasteiger charge is -2.38. The molecule has 0 atom stereocenters. The molecular weight excluding hydrogens is 262 g/mol. The average Bonchev–Trinajstić information content (AvgIpc) is 2.30. The van der Waals surface area contributed by atoms with E-state index in [1.165, 1.54) is 43.2 Å². The highest BCUT2D eigenvalue weighted by atomic mass is 79.9. The summed E-state index contributed by atoms with van der Waals surface area (Å²) in [5, 5.41) is 0. The maximum Gasteiger partial charge on any atom is 0.0178 e. The van der Waals surface area contributed by atoms with Crippen LogP contribution in [0.3, 0.4) is 0 Å². The fourth-order valence-corrected chi connectivity index (χ4v) is 3.51. The molecular formula is C14H20BrN. The molecule has 0 radical (unpaired) electrons. The molecule has 0 heterocycles. The molecule has 2 heteroatoms. The molecule has 1 aliphatic carbocycles. The van der Waals surface area contributed by atoms with E-state index in [1.54, 1.807) is 0 Å². The molecule has 1 nitrogen and oxygen atoms in total. The standard InChI is InChI=1S/C14H20BrN/c1-11-9-12(15)5-6-13(11)14(10-16)7-3-2-4-8-14/h5-6,9H,2-4,7-8,10,16H2,1H3. The van der Waals surface area contributed by atoms with Crippen molar-refractivity contribution >= 4 is 15.9 Å². The van der Waals surface area contributed by atoms with Gasteiger partial charge in [0.25, 0.3) is 0 Å². The molecule has 0 amide bonds. The third-order valence-electron chi connectivity index (χ3n) is 3.96. The molecule has 1 aromatic carbocycles. The zero-order valence-electron chi connectivity index (χ0n) is 9.93. The quantitative estimate of drug-likeness (QED) is 0.874. The highest BCUT2D eigenvalue weighted by molar-refractivity contribution is 9.10. The molecule has 16 heavy (non-hydrogen) atoms. The van der Waals surface area contributed by atoms with Crippen LogP contribution in [-0.2, 0) is 5.41 Å². The van der Waals surface area contributed by atoms with Gasteiger partial charge in [-0.25, -0.2) is 0 Å². The van der Waals surface area contributed by atoms with Gasteiger partial charge < -0.3 is 5.73 Å². The third-order valence-corrected chi connectivity index (χ3v) is 4.45. The highest BCUT2D eigenvalue weighted by Crippen LogP contribution is 2.40. The molecule has 1 fully saturated rings. The number of aryl methyl sites for hydroxylation is 1. The minimum absolute atomic E-state index is 0.253. The van der Waals surface area contributed by atoms with Crippen LogP contribution in [0, 0.1) is 6.92 Å². The number of hydrogen-bond acceptors (Lipinski definition) is 1. The van der Waals surface area contributed by atoms with Crippen LogP contribution in [0.5, 0.6) is 0 Å². The molecule has 1 aromatic rings. The van der Waals surface area contributed by atoms with Crippen molar-refractivity contribution < 1.29 is 0 Å². The summed E-state index contributed by atoms with van der Waals surface area (Å²) in [5.41, 5.74) is 9.17. The first-order chi connectivity index (χ1) is 7.68. The van der Waals surface area contributed by atoms with Gasteiger partial charge >= 0.3 is 0 Å². The number of rotatable bonds is 2. The molecule has 2 N–H and O–H groups in total. The van der Waals surface area contributed by atoms with Crippen LogP contribution >= 0.6 is 15.9 Å². The molecule has 0 bridgehead atoms. The van der Waals surface area contributed by atoms with Gasteiger partial charge in [-0.3, -0.25) is 0 Å². The maximum atomic E-state index is 6.07. The summed E-state index contributed by atoms with van der Waals surface area (Å²) in [6, 6.07) is 6.62.